The first kappa shape index (κ1) is 8.99. The highest BCUT2D eigenvalue weighted by molar-refractivity contribution is 6.34. The molecule has 2 heterocycles. The number of nitrogens with zero attached hydrogens (tertiary/aromatic N) is 1. The van der Waals surface area contributed by atoms with Gasteiger partial charge in [0.25, 0.3) is 0 Å². The maximum Gasteiger partial charge on any atom is 0.399 e. The Kier molecular flexibility index (Phi) is 1.74. The van der Waals surface area contributed by atoms with Gasteiger partial charge >= 0.3 is 11.9 Å². The summed E-state index contributed by atoms with van der Waals surface area (Å²) in [4.78, 5) is 24.0. The third-order valence-corrected chi connectivity index (χ3v) is 2.70. The van der Waals surface area contributed by atoms with Crippen LogP contribution in [-0.2, 0) is 14.3 Å². The zero-order chi connectivity index (χ0) is 10.3. The van der Waals surface area contributed by atoms with Gasteiger partial charge in [-0.2, -0.15) is 0 Å². The molecule has 0 radical (unpaired) electrons. The highest BCUT2D eigenvalue weighted by atomic mass is 16.6. The Labute approximate surface area is 81.8 Å². The molecule has 14 heavy (non-hydrogen) atoms. The first-order chi connectivity index (χ1) is 6.59. The standard InChI is InChI=1S/C10H11NO3/c1-3-7-5-4-6-11-8(12)9(13)14-10(7,11)2/h3,5H,1,4,6H2,2H3. The predicted molar refractivity (Wildman–Crippen MR) is 49.1 cm³/mol. The van der Waals surface area contributed by atoms with Crippen molar-refractivity contribution in [1.29, 1.82) is 0 Å². The van der Waals surface area contributed by atoms with Gasteiger partial charge in [0.15, 0.2) is 0 Å². The van der Waals surface area contributed by atoms with Crippen molar-refractivity contribution < 1.29 is 14.3 Å². The maximum atomic E-state index is 11.4. The first-order valence-electron chi connectivity index (χ1n) is 4.47. The van der Waals surface area contributed by atoms with Gasteiger partial charge in [0.05, 0.1) is 0 Å². The molecule has 2 aliphatic heterocycles. The molecule has 0 bridgehead atoms. The van der Waals surface area contributed by atoms with Gasteiger partial charge in [-0.1, -0.05) is 18.7 Å². The molecule has 4 nitrogen and oxygen atoms in total. The Hall–Kier alpha value is -1.58. The van der Waals surface area contributed by atoms with Crippen LogP contribution in [0.3, 0.4) is 0 Å². The highest BCUT2D eigenvalue weighted by Crippen LogP contribution is 2.35. The number of fused-ring (bicyclic) bond motifs is 1. The third-order valence-electron chi connectivity index (χ3n) is 2.70. The van der Waals surface area contributed by atoms with E-state index >= 15 is 0 Å². The Morgan fingerprint density at radius 3 is 3.00 bits per heavy atom. The zero-order valence-electron chi connectivity index (χ0n) is 7.95. The van der Waals surface area contributed by atoms with E-state index in [1.807, 2.05) is 6.08 Å². The Balaban J connectivity index is 2.47. The minimum Gasteiger partial charge on any atom is -0.428 e. The van der Waals surface area contributed by atoms with Crippen LogP contribution < -0.4 is 0 Å². The molecule has 0 aromatic rings. The van der Waals surface area contributed by atoms with Crippen molar-refractivity contribution in [2.45, 2.75) is 19.1 Å². The van der Waals surface area contributed by atoms with Crippen LogP contribution in [0.25, 0.3) is 0 Å². The van der Waals surface area contributed by atoms with Gasteiger partial charge in [0.1, 0.15) is 0 Å². The molecule has 1 atom stereocenters. The van der Waals surface area contributed by atoms with E-state index < -0.39 is 17.6 Å². The summed E-state index contributed by atoms with van der Waals surface area (Å²) in [5.41, 5.74) is -0.142. The van der Waals surface area contributed by atoms with Gasteiger partial charge in [-0.25, -0.2) is 4.79 Å². The third kappa shape index (κ3) is 0.937. The van der Waals surface area contributed by atoms with Crippen molar-refractivity contribution in [2.75, 3.05) is 6.54 Å². The number of carbonyl (C=O) groups is 2. The molecule has 4 heteroatoms. The summed E-state index contributed by atoms with van der Waals surface area (Å²) in [6, 6.07) is 0. The minimum atomic E-state index is -0.922. The predicted octanol–water partition coefficient (Wildman–Crippen LogP) is 0.604. The van der Waals surface area contributed by atoms with E-state index in [1.54, 1.807) is 13.0 Å². The quantitative estimate of drug-likeness (QED) is 0.452. The largest absolute Gasteiger partial charge is 0.428 e. The highest BCUT2D eigenvalue weighted by Gasteiger charge is 2.52. The summed E-state index contributed by atoms with van der Waals surface area (Å²) >= 11 is 0. The smallest absolute Gasteiger partial charge is 0.399 e. The minimum absolute atomic E-state index is 0.526. The zero-order valence-corrected chi connectivity index (χ0v) is 7.95. The lowest BCUT2D eigenvalue weighted by molar-refractivity contribution is -0.151. The second kappa shape index (κ2) is 2.70. The number of rotatable bonds is 1. The van der Waals surface area contributed by atoms with Gasteiger partial charge in [-0.3, -0.25) is 9.69 Å². The van der Waals surface area contributed by atoms with E-state index in [0.29, 0.717) is 6.54 Å². The number of esters is 1. The van der Waals surface area contributed by atoms with Crippen molar-refractivity contribution in [2.24, 2.45) is 0 Å². The van der Waals surface area contributed by atoms with E-state index in [4.69, 9.17) is 4.74 Å². The maximum absolute atomic E-state index is 11.4. The topological polar surface area (TPSA) is 46.6 Å². The fraction of sp³-hybridized carbons (Fsp3) is 0.400. The molecule has 1 unspecified atom stereocenters. The number of hydrogen-bond acceptors (Lipinski definition) is 3. The second-order valence-corrected chi connectivity index (χ2v) is 3.48. The summed E-state index contributed by atoms with van der Waals surface area (Å²) in [6.45, 7) is 5.88. The fourth-order valence-corrected chi connectivity index (χ4v) is 1.92. The molecule has 0 spiro atoms. The van der Waals surface area contributed by atoms with Crippen LogP contribution in [0.5, 0.6) is 0 Å². The van der Waals surface area contributed by atoms with Gasteiger partial charge in [-0.05, 0) is 13.3 Å². The van der Waals surface area contributed by atoms with Gasteiger partial charge in [0, 0.05) is 12.1 Å². The molecule has 0 saturated carbocycles. The fourth-order valence-electron chi connectivity index (χ4n) is 1.92. The number of ether oxygens (including phenoxy) is 1. The van der Waals surface area contributed by atoms with E-state index in [2.05, 4.69) is 6.58 Å². The molecule has 2 rings (SSSR count). The van der Waals surface area contributed by atoms with Crippen molar-refractivity contribution in [3.05, 3.63) is 24.3 Å². The number of amides is 1. The van der Waals surface area contributed by atoms with Crippen molar-refractivity contribution in [3.63, 3.8) is 0 Å². The van der Waals surface area contributed by atoms with E-state index in [-0.39, 0.29) is 0 Å². The normalized spacial score (nSPS) is 30.9. The second-order valence-electron chi connectivity index (χ2n) is 3.48. The lowest BCUT2D eigenvalue weighted by atomic mass is 9.98. The van der Waals surface area contributed by atoms with Crippen LogP contribution in [0, 0.1) is 0 Å². The molecular formula is C10H11NO3. The van der Waals surface area contributed by atoms with Crippen LogP contribution in [0.15, 0.2) is 24.3 Å². The molecule has 0 N–H and O–H groups in total. The number of carbonyl (C=O) groups excluding carboxylic acids is 2. The average Bonchev–Trinajstić information content (AvgIpc) is 2.38. The van der Waals surface area contributed by atoms with Crippen LogP contribution in [0.1, 0.15) is 13.3 Å². The monoisotopic (exact) mass is 193 g/mol. The summed E-state index contributed by atoms with van der Waals surface area (Å²) in [5.74, 6) is -1.33. The van der Waals surface area contributed by atoms with E-state index in [0.717, 1.165) is 12.0 Å². The molecule has 0 aromatic heterocycles. The molecule has 1 saturated heterocycles. The number of hydrogen-bond donors (Lipinski definition) is 0. The van der Waals surface area contributed by atoms with Crippen molar-refractivity contribution in [1.82, 2.24) is 4.90 Å². The van der Waals surface area contributed by atoms with E-state index in [9.17, 15) is 9.59 Å². The SMILES string of the molecule is C=CC1=CCCN2C(=O)C(=O)OC12C. The van der Waals surface area contributed by atoms with Crippen LogP contribution >= 0.6 is 0 Å². The first-order valence-corrected chi connectivity index (χ1v) is 4.47. The molecule has 1 amide bonds. The summed E-state index contributed by atoms with van der Waals surface area (Å²) in [5, 5.41) is 0. The molecule has 0 aliphatic carbocycles. The van der Waals surface area contributed by atoms with Gasteiger partial charge < -0.3 is 4.74 Å². The lowest BCUT2D eigenvalue weighted by Crippen LogP contribution is -2.47. The van der Waals surface area contributed by atoms with E-state index in [1.165, 1.54) is 4.90 Å². The molecule has 74 valence electrons. The van der Waals surface area contributed by atoms with Crippen molar-refractivity contribution >= 4 is 11.9 Å². The molecular weight excluding hydrogens is 182 g/mol. The molecule has 1 fully saturated rings. The van der Waals surface area contributed by atoms with Crippen LogP contribution in [-0.4, -0.2) is 29.0 Å². The molecule has 2 aliphatic rings. The van der Waals surface area contributed by atoms with Crippen LogP contribution in [0.4, 0.5) is 0 Å². The average molecular weight is 193 g/mol. The Bertz CT molecular complexity index is 358. The Morgan fingerprint density at radius 1 is 1.64 bits per heavy atom. The van der Waals surface area contributed by atoms with Crippen molar-refractivity contribution in [3.8, 4) is 0 Å². The summed E-state index contributed by atoms with van der Waals surface area (Å²) in [6.07, 6.45) is 4.30. The Morgan fingerprint density at radius 2 is 2.36 bits per heavy atom. The van der Waals surface area contributed by atoms with Crippen LogP contribution in [0.2, 0.25) is 0 Å². The van der Waals surface area contributed by atoms with Gasteiger partial charge in [0.2, 0.25) is 5.72 Å². The van der Waals surface area contributed by atoms with Gasteiger partial charge in [-0.15, -0.1) is 0 Å². The molecule has 0 aromatic carbocycles. The lowest BCUT2D eigenvalue weighted by Gasteiger charge is -2.36. The summed E-state index contributed by atoms with van der Waals surface area (Å²) in [7, 11) is 0. The summed E-state index contributed by atoms with van der Waals surface area (Å²) < 4.78 is 5.07.